The van der Waals surface area contributed by atoms with E-state index in [0.29, 0.717) is 6.04 Å². The fourth-order valence-corrected chi connectivity index (χ4v) is 2.59. The Morgan fingerprint density at radius 2 is 2.13 bits per heavy atom. The number of nitrogens with one attached hydrogen (secondary N) is 1. The van der Waals surface area contributed by atoms with Gasteiger partial charge in [0.1, 0.15) is 0 Å². The van der Waals surface area contributed by atoms with Crippen molar-refractivity contribution in [1.29, 1.82) is 0 Å². The summed E-state index contributed by atoms with van der Waals surface area (Å²) in [5.74, 6) is 0. The summed E-state index contributed by atoms with van der Waals surface area (Å²) in [6.45, 7) is 11.5. The highest BCUT2D eigenvalue weighted by Crippen LogP contribution is 2.26. The summed E-state index contributed by atoms with van der Waals surface area (Å²) < 4.78 is 0. The summed E-state index contributed by atoms with van der Waals surface area (Å²) in [5.41, 5.74) is 2.49. The molecule has 1 N–H and O–H groups in total. The Morgan fingerprint density at radius 1 is 1.47 bits per heavy atom. The van der Waals surface area contributed by atoms with Gasteiger partial charge >= 0.3 is 0 Å². The molecule has 84 valence electrons. The standard InChI is InChI=1S/C12H20N2S/c1-6-13-11(7-8(2)3)12-9(4)14-10(5)15-12/h7,11,13H,6H2,1-5H3. The molecule has 0 aliphatic rings. The van der Waals surface area contributed by atoms with Gasteiger partial charge in [0.25, 0.3) is 0 Å². The molecule has 1 atom stereocenters. The molecule has 1 unspecified atom stereocenters. The number of nitrogens with zero attached hydrogens (tertiary/aromatic N) is 1. The Labute approximate surface area is 96.4 Å². The SMILES string of the molecule is CCNC(C=C(C)C)c1sc(C)nc1C. The highest BCUT2D eigenvalue weighted by Gasteiger charge is 2.13. The van der Waals surface area contributed by atoms with Gasteiger partial charge in [0, 0.05) is 4.88 Å². The van der Waals surface area contributed by atoms with Crippen LogP contribution in [0.15, 0.2) is 11.6 Å². The maximum absolute atomic E-state index is 4.47. The van der Waals surface area contributed by atoms with Crippen LogP contribution >= 0.6 is 11.3 Å². The summed E-state index contributed by atoms with van der Waals surface area (Å²) in [6.07, 6.45) is 2.27. The van der Waals surface area contributed by atoms with Gasteiger partial charge in [0.15, 0.2) is 0 Å². The molecular formula is C12H20N2S. The molecule has 3 heteroatoms. The number of hydrogen-bond donors (Lipinski definition) is 1. The van der Waals surface area contributed by atoms with E-state index >= 15 is 0 Å². The van der Waals surface area contributed by atoms with E-state index in [2.05, 4.69) is 51.0 Å². The monoisotopic (exact) mass is 224 g/mol. The number of thiazole rings is 1. The van der Waals surface area contributed by atoms with Gasteiger partial charge < -0.3 is 5.32 Å². The summed E-state index contributed by atoms with van der Waals surface area (Å²) in [4.78, 5) is 5.81. The zero-order chi connectivity index (χ0) is 11.4. The summed E-state index contributed by atoms with van der Waals surface area (Å²) in [6, 6.07) is 0.325. The van der Waals surface area contributed by atoms with Gasteiger partial charge in [-0.1, -0.05) is 18.6 Å². The van der Waals surface area contributed by atoms with E-state index in [1.807, 2.05) is 0 Å². The minimum atomic E-state index is 0.325. The van der Waals surface area contributed by atoms with Crippen molar-refractivity contribution in [1.82, 2.24) is 10.3 Å². The van der Waals surface area contributed by atoms with Crippen molar-refractivity contribution in [3.8, 4) is 0 Å². The lowest BCUT2D eigenvalue weighted by Gasteiger charge is -2.13. The number of rotatable bonds is 4. The van der Waals surface area contributed by atoms with Crippen LogP contribution in [-0.2, 0) is 0 Å². The van der Waals surface area contributed by atoms with Crippen LogP contribution in [0.5, 0.6) is 0 Å². The third-order valence-corrected chi connectivity index (χ3v) is 3.30. The highest BCUT2D eigenvalue weighted by molar-refractivity contribution is 7.11. The van der Waals surface area contributed by atoms with Gasteiger partial charge in [-0.15, -0.1) is 11.3 Å². The molecule has 1 aromatic heterocycles. The molecule has 2 nitrogen and oxygen atoms in total. The van der Waals surface area contributed by atoms with E-state index in [-0.39, 0.29) is 0 Å². The zero-order valence-electron chi connectivity index (χ0n) is 10.2. The third kappa shape index (κ3) is 3.43. The van der Waals surface area contributed by atoms with Crippen molar-refractivity contribution < 1.29 is 0 Å². The summed E-state index contributed by atoms with van der Waals surface area (Å²) in [5, 5.41) is 4.62. The van der Waals surface area contributed by atoms with Crippen LogP contribution in [0.3, 0.4) is 0 Å². The Morgan fingerprint density at radius 3 is 2.53 bits per heavy atom. The molecule has 0 aliphatic carbocycles. The number of aromatic nitrogens is 1. The van der Waals surface area contributed by atoms with Gasteiger partial charge in [-0.3, -0.25) is 0 Å². The molecule has 0 amide bonds. The summed E-state index contributed by atoms with van der Waals surface area (Å²) in [7, 11) is 0. The lowest BCUT2D eigenvalue weighted by Crippen LogP contribution is -2.19. The van der Waals surface area contributed by atoms with Crippen molar-refractivity contribution in [3.63, 3.8) is 0 Å². The molecule has 0 saturated carbocycles. The van der Waals surface area contributed by atoms with E-state index in [1.54, 1.807) is 11.3 Å². The van der Waals surface area contributed by atoms with Gasteiger partial charge in [0.2, 0.25) is 0 Å². The molecule has 15 heavy (non-hydrogen) atoms. The largest absolute Gasteiger partial charge is 0.306 e. The van der Waals surface area contributed by atoms with Gasteiger partial charge in [-0.25, -0.2) is 4.98 Å². The molecule has 0 bridgehead atoms. The van der Waals surface area contributed by atoms with E-state index in [4.69, 9.17) is 0 Å². The predicted molar refractivity (Wildman–Crippen MR) is 67.4 cm³/mol. The fourth-order valence-electron chi connectivity index (χ4n) is 1.62. The average Bonchev–Trinajstić information content (AvgIpc) is 2.44. The van der Waals surface area contributed by atoms with Gasteiger partial charge in [-0.2, -0.15) is 0 Å². The van der Waals surface area contributed by atoms with Crippen LogP contribution < -0.4 is 5.32 Å². The second-order valence-corrected chi connectivity index (χ2v) is 5.20. The first kappa shape index (κ1) is 12.4. The molecule has 0 saturated heterocycles. The molecule has 1 heterocycles. The summed E-state index contributed by atoms with van der Waals surface area (Å²) >= 11 is 1.79. The number of allylic oxidation sites excluding steroid dienone is 1. The molecule has 0 aliphatic heterocycles. The Hall–Kier alpha value is -0.670. The lowest BCUT2D eigenvalue weighted by atomic mass is 10.1. The lowest BCUT2D eigenvalue weighted by molar-refractivity contribution is 0.649. The number of likely N-dealkylation sites (N-methyl/N-ethyl adjacent to an activating group) is 1. The van der Waals surface area contributed by atoms with Crippen molar-refractivity contribution in [2.24, 2.45) is 0 Å². The Kier molecular flexibility index (Phi) is 4.48. The average molecular weight is 224 g/mol. The fraction of sp³-hybridized carbons (Fsp3) is 0.583. The normalized spacial score (nSPS) is 12.6. The van der Waals surface area contributed by atoms with Crippen LogP contribution in [0.2, 0.25) is 0 Å². The predicted octanol–water partition coefficient (Wildman–Crippen LogP) is 3.38. The van der Waals surface area contributed by atoms with Crippen LogP contribution in [-0.4, -0.2) is 11.5 Å². The Balaban J connectivity index is 2.98. The molecule has 0 radical (unpaired) electrons. The minimum absolute atomic E-state index is 0.325. The van der Waals surface area contributed by atoms with E-state index in [9.17, 15) is 0 Å². The maximum atomic E-state index is 4.47. The minimum Gasteiger partial charge on any atom is -0.306 e. The van der Waals surface area contributed by atoms with E-state index in [0.717, 1.165) is 17.2 Å². The van der Waals surface area contributed by atoms with Crippen molar-refractivity contribution in [2.75, 3.05) is 6.54 Å². The van der Waals surface area contributed by atoms with Crippen LogP contribution in [0.25, 0.3) is 0 Å². The quantitative estimate of drug-likeness (QED) is 0.793. The molecule has 0 fully saturated rings. The molecule has 0 spiro atoms. The topological polar surface area (TPSA) is 24.9 Å². The number of aryl methyl sites for hydroxylation is 2. The second kappa shape index (κ2) is 5.42. The molecular weight excluding hydrogens is 204 g/mol. The Bertz CT molecular complexity index is 349. The van der Waals surface area contributed by atoms with E-state index in [1.165, 1.54) is 10.5 Å². The molecule has 1 aromatic rings. The smallest absolute Gasteiger partial charge is 0.0900 e. The van der Waals surface area contributed by atoms with Crippen molar-refractivity contribution >= 4 is 11.3 Å². The van der Waals surface area contributed by atoms with Gasteiger partial charge in [0.05, 0.1) is 16.7 Å². The van der Waals surface area contributed by atoms with Crippen LogP contribution in [0.4, 0.5) is 0 Å². The second-order valence-electron chi connectivity index (χ2n) is 3.96. The maximum Gasteiger partial charge on any atom is 0.0900 e. The van der Waals surface area contributed by atoms with Crippen LogP contribution in [0, 0.1) is 13.8 Å². The van der Waals surface area contributed by atoms with E-state index < -0.39 is 0 Å². The highest BCUT2D eigenvalue weighted by atomic mass is 32.1. The molecule has 1 rings (SSSR count). The zero-order valence-corrected chi connectivity index (χ0v) is 11.0. The third-order valence-electron chi connectivity index (χ3n) is 2.15. The number of hydrogen-bond acceptors (Lipinski definition) is 3. The van der Waals surface area contributed by atoms with Gasteiger partial charge in [-0.05, 0) is 34.2 Å². The van der Waals surface area contributed by atoms with Crippen molar-refractivity contribution in [2.45, 2.75) is 40.7 Å². The van der Waals surface area contributed by atoms with Crippen LogP contribution in [0.1, 0.15) is 42.4 Å². The van der Waals surface area contributed by atoms with Crippen molar-refractivity contribution in [3.05, 3.63) is 27.2 Å². The first-order chi connectivity index (χ1) is 7.04. The molecule has 0 aromatic carbocycles. The first-order valence-electron chi connectivity index (χ1n) is 5.37. The first-order valence-corrected chi connectivity index (χ1v) is 6.18.